The van der Waals surface area contributed by atoms with Crippen molar-refractivity contribution >= 4 is 35.5 Å². The minimum atomic E-state index is -5.45. The number of carboxylic acids is 1. The Kier molecular flexibility index (Phi) is 10.8. The summed E-state index contributed by atoms with van der Waals surface area (Å²) >= 11 is 0. The maximum absolute atomic E-state index is 13.7. The molecule has 0 spiro atoms. The first-order chi connectivity index (χ1) is 20.3. The number of rotatable bonds is 12. The van der Waals surface area contributed by atoms with Crippen LogP contribution in [0.25, 0.3) is 0 Å². The molecule has 0 bridgehead atoms. The summed E-state index contributed by atoms with van der Waals surface area (Å²) in [5.41, 5.74) is 6.13. The van der Waals surface area contributed by atoms with E-state index in [-0.39, 0.29) is 17.9 Å². The first-order valence-corrected chi connectivity index (χ1v) is 13.3. The normalized spacial score (nSPS) is 17.5. The molecule has 2 aromatic rings. The first-order valence-electron chi connectivity index (χ1n) is 13.3. The van der Waals surface area contributed by atoms with Gasteiger partial charge >= 0.3 is 30.1 Å². The van der Waals surface area contributed by atoms with E-state index in [1.54, 1.807) is 30.3 Å². The summed E-state index contributed by atoms with van der Waals surface area (Å²) in [5.74, 6) is -6.32. The van der Waals surface area contributed by atoms with Gasteiger partial charge in [-0.2, -0.15) is 13.2 Å². The molecule has 232 valence electrons. The summed E-state index contributed by atoms with van der Waals surface area (Å²) in [7, 11) is 0.885. The maximum atomic E-state index is 13.7. The van der Waals surface area contributed by atoms with Crippen LogP contribution < -0.4 is 15.7 Å². The zero-order valence-electron chi connectivity index (χ0n) is 23.3. The van der Waals surface area contributed by atoms with Crippen LogP contribution in [0.5, 0.6) is 0 Å². The molecule has 2 aromatic carbocycles. The highest BCUT2D eigenvalue weighted by Crippen LogP contribution is 2.34. The van der Waals surface area contributed by atoms with Crippen LogP contribution in [-0.2, 0) is 37.0 Å². The summed E-state index contributed by atoms with van der Waals surface area (Å²) in [6.45, 7) is -1.39. The Bertz CT molecular complexity index is 1360. The number of carbonyl (C=O) groups is 5. The van der Waals surface area contributed by atoms with Crippen LogP contribution in [0.4, 0.5) is 23.7 Å². The van der Waals surface area contributed by atoms with Crippen molar-refractivity contribution in [2.45, 2.75) is 44.5 Å². The molecule has 12 nitrogen and oxygen atoms in total. The standard InChI is InChI=1S/C28H31F3N4O8/c1-35(43-26(40)28(29,30)31)22-12-11-18(8-6-3-7-13-32)14-20(22)24(37)34(16-23(35)36)15-21(25(38)39)33-27(41)42-17-19-9-4-2-5-10-19/h2,4-5,9-12,14,21H,3,6-8,13,15-17,32H2,1H3,(H-,33,38,39,41)/p+1. The van der Waals surface area contributed by atoms with Gasteiger partial charge in [-0.25, -0.2) is 19.2 Å². The van der Waals surface area contributed by atoms with E-state index in [1.165, 1.54) is 18.2 Å². The number of hydroxylamine groups is 2. The Morgan fingerprint density at radius 3 is 2.40 bits per heavy atom. The molecule has 4 N–H and O–H groups in total. The summed E-state index contributed by atoms with van der Waals surface area (Å²) < 4.78 is 42.8. The average Bonchev–Trinajstić information content (AvgIpc) is 3.03. The van der Waals surface area contributed by atoms with Gasteiger partial charge in [0, 0.05) is 6.07 Å². The Morgan fingerprint density at radius 1 is 1.07 bits per heavy atom. The number of aryl methyl sites for hydroxylation is 1. The largest absolute Gasteiger partial charge is 0.497 e. The number of nitrogens with one attached hydrogen (secondary N) is 1. The predicted molar refractivity (Wildman–Crippen MR) is 145 cm³/mol. The van der Waals surface area contributed by atoms with E-state index in [2.05, 4.69) is 10.2 Å². The number of alkyl halides is 3. The topological polar surface area (TPSA) is 165 Å². The van der Waals surface area contributed by atoms with E-state index in [1.807, 2.05) is 0 Å². The van der Waals surface area contributed by atoms with Crippen LogP contribution in [0.3, 0.4) is 0 Å². The summed E-state index contributed by atoms with van der Waals surface area (Å²) in [6.07, 6.45) is -3.89. The van der Waals surface area contributed by atoms with Gasteiger partial charge < -0.3 is 25.8 Å². The molecule has 0 fully saturated rings. The molecule has 43 heavy (non-hydrogen) atoms. The number of benzene rings is 2. The number of aliphatic carboxylic acids is 1. The highest BCUT2D eigenvalue weighted by atomic mass is 19.4. The summed E-state index contributed by atoms with van der Waals surface area (Å²) in [5, 5.41) is 11.9. The van der Waals surface area contributed by atoms with Gasteiger partial charge in [0.2, 0.25) is 0 Å². The third kappa shape index (κ3) is 8.51. The van der Waals surface area contributed by atoms with Gasteiger partial charge in [-0.3, -0.25) is 9.63 Å². The van der Waals surface area contributed by atoms with Crippen molar-refractivity contribution < 1.29 is 51.8 Å². The second kappa shape index (κ2) is 14.1. The number of nitrogens with zero attached hydrogens (tertiary/aromatic N) is 2. The highest BCUT2D eigenvalue weighted by molar-refractivity contribution is 6.07. The van der Waals surface area contributed by atoms with E-state index < -0.39 is 59.8 Å². The number of halogens is 3. The van der Waals surface area contributed by atoms with Gasteiger partial charge in [0.25, 0.3) is 5.91 Å². The van der Waals surface area contributed by atoms with Crippen LogP contribution in [0.15, 0.2) is 48.5 Å². The van der Waals surface area contributed by atoms with Crippen molar-refractivity contribution in [2.75, 3.05) is 26.7 Å². The molecule has 3 amide bonds. The number of carboxylic acid groups (broad SMARTS) is 1. The molecular formula is C28H32F3N4O8+. The minimum Gasteiger partial charge on any atom is -0.480 e. The van der Waals surface area contributed by atoms with E-state index in [4.69, 9.17) is 10.5 Å². The third-order valence-electron chi connectivity index (χ3n) is 6.71. The molecule has 3 rings (SSSR count). The fourth-order valence-electron chi connectivity index (χ4n) is 4.39. The second-order valence-corrected chi connectivity index (χ2v) is 9.93. The number of amides is 3. The Labute approximate surface area is 244 Å². The molecule has 0 saturated carbocycles. The molecule has 1 aliphatic rings. The van der Waals surface area contributed by atoms with E-state index in [0.29, 0.717) is 30.5 Å². The third-order valence-corrected chi connectivity index (χ3v) is 6.71. The quantitative estimate of drug-likeness (QED) is 0.242. The summed E-state index contributed by atoms with van der Waals surface area (Å²) in [6, 6.07) is 10.8. The number of alkyl carbamates (subject to hydrolysis) is 1. The zero-order valence-corrected chi connectivity index (χ0v) is 23.3. The number of fused-ring (bicyclic) bond motifs is 1. The second-order valence-electron chi connectivity index (χ2n) is 9.93. The number of likely N-dealkylation sites (N-methyl/N-ethyl adjacent to an activating group) is 1. The lowest BCUT2D eigenvalue weighted by Crippen LogP contribution is -2.57. The number of quaternary nitrogens is 1. The summed E-state index contributed by atoms with van der Waals surface area (Å²) in [4.78, 5) is 68.6. The Morgan fingerprint density at radius 2 is 1.77 bits per heavy atom. The van der Waals surface area contributed by atoms with E-state index in [9.17, 15) is 42.3 Å². The molecule has 15 heteroatoms. The van der Waals surface area contributed by atoms with Crippen LogP contribution in [-0.4, -0.2) is 78.8 Å². The van der Waals surface area contributed by atoms with Gasteiger partial charge in [0.1, 0.15) is 31.8 Å². The van der Waals surface area contributed by atoms with Gasteiger partial charge in [-0.15, -0.1) is 0 Å². The van der Waals surface area contributed by atoms with Gasteiger partial charge in [0.15, 0.2) is 5.69 Å². The lowest BCUT2D eigenvalue weighted by atomic mass is 10.0. The molecule has 0 aromatic heterocycles. The van der Waals surface area contributed by atoms with Crippen LogP contribution in [0.2, 0.25) is 0 Å². The van der Waals surface area contributed by atoms with Crippen LogP contribution in [0.1, 0.15) is 40.7 Å². The van der Waals surface area contributed by atoms with Crippen molar-refractivity contribution in [3.8, 4) is 0 Å². The smallest absolute Gasteiger partial charge is 0.480 e. The van der Waals surface area contributed by atoms with Crippen LogP contribution in [0, 0.1) is 0 Å². The highest BCUT2D eigenvalue weighted by Gasteiger charge is 2.53. The van der Waals surface area contributed by atoms with Crippen LogP contribution >= 0.6 is 0 Å². The molecule has 2 atom stereocenters. The number of unbranched alkanes of at least 4 members (excludes halogenated alkanes) is 2. The monoisotopic (exact) mass is 609 g/mol. The average molecular weight is 610 g/mol. The molecule has 1 heterocycles. The van der Waals surface area contributed by atoms with Crippen molar-refractivity contribution in [2.24, 2.45) is 5.73 Å². The van der Waals surface area contributed by atoms with Gasteiger partial charge in [-0.05, 0) is 47.6 Å². The molecule has 2 unspecified atom stereocenters. The van der Waals surface area contributed by atoms with Crippen molar-refractivity contribution in [3.63, 3.8) is 0 Å². The number of hydrogen-bond acceptors (Lipinski definition) is 8. The van der Waals surface area contributed by atoms with E-state index in [0.717, 1.165) is 24.8 Å². The molecule has 0 radical (unpaired) electrons. The molecule has 0 saturated heterocycles. The minimum absolute atomic E-state index is 0.179. The van der Waals surface area contributed by atoms with Crippen molar-refractivity contribution in [3.05, 3.63) is 65.2 Å². The number of carbonyl (C=O) groups excluding carboxylic acids is 4. The lowest BCUT2D eigenvalue weighted by molar-refractivity contribution is -0.230. The fraction of sp³-hybridized carbons (Fsp3) is 0.393. The first kappa shape index (κ1) is 33.0. The predicted octanol–water partition coefficient (Wildman–Crippen LogP) is 2.68. The van der Waals surface area contributed by atoms with E-state index >= 15 is 0 Å². The number of nitrogens with two attached hydrogens (primary N) is 1. The fourth-order valence-corrected chi connectivity index (χ4v) is 4.39. The number of ether oxygens (including phenoxy) is 1. The Balaban J connectivity index is 1.90. The maximum Gasteiger partial charge on any atom is 0.497 e. The zero-order chi connectivity index (χ0) is 31.8. The molecule has 1 aliphatic heterocycles. The molecular weight excluding hydrogens is 577 g/mol. The van der Waals surface area contributed by atoms with Crippen molar-refractivity contribution in [1.29, 1.82) is 0 Å². The SMILES string of the molecule is C[N+]1(OC(=O)C(F)(F)F)C(=O)CN(CC(NC(=O)OCc2ccccc2)C(=O)O)C(=O)c2cc(CCCCCN)ccc21. The Hall–Kier alpha value is -4.50. The van der Waals surface area contributed by atoms with Gasteiger partial charge in [0.05, 0.1) is 6.54 Å². The van der Waals surface area contributed by atoms with Gasteiger partial charge in [-0.1, -0.05) is 42.8 Å². The van der Waals surface area contributed by atoms with Crippen molar-refractivity contribution in [1.82, 2.24) is 14.9 Å². The lowest BCUT2D eigenvalue weighted by Gasteiger charge is -2.27. The molecule has 0 aliphatic carbocycles. The number of hydrogen-bond donors (Lipinski definition) is 3.